The monoisotopic (exact) mass is 272 g/mol. The molecule has 2 aromatic carbocycles. The van der Waals surface area contributed by atoms with Gasteiger partial charge in [-0.25, -0.2) is 0 Å². The fraction of sp³-hybridized carbons (Fsp3) is 0.0526. The zero-order valence-corrected chi connectivity index (χ0v) is 12.0. The van der Waals surface area contributed by atoms with Gasteiger partial charge < -0.3 is 0 Å². The molecule has 0 aliphatic carbocycles. The van der Waals surface area contributed by atoms with Gasteiger partial charge in [0.05, 0.1) is 11.2 Å². The normalized spacial score (nSPS) is 11.1. The van der Waals surface area contributed by atoms with Crippen molar-refractivity contribution in [3.05, 3.63) is 66.4 Å². The third-order valence-corrected chi connectivity index (χ3v) is 3.48. The van der Waals surface area contributed by atoms with Crippen molar-refractivity contribution in [2.24, 2.45) is 4.99 Å². The molecular weight excluding hydrogens is 256 g/mol. The van der Waals surface area contributed by atoms with Gasteiger partial charge in [0.1, 0.15) is 0 Å². The van der Waals surface area contributed by atoms with Crippen molar-refractivity contribution >= 4 is 29.4 Å². The summed E-state index contributed by atoms with van der Waals surface area (Å²) in [5, 5.41) is 1.15. The highest BCUT2D eigenvalue weighted by molar-refractivity contribution is 5.85. The SMILES string of the molecule is C=Nc1ccc(-c2ccc3ncccc3c2)cc1/C=C\C. The summed E-state index contributed by atoms with van der Waals surface area (Å²) in [6.07, 6.45) is 5.88. The third kappa shape index (κ3) is 2.61. The number of benzene rings is 2. The zero-order chi connectivity index (χ0) is 14.7. The Balaban J connectivity index is 2.13. The molecule has 0 amide bonds. The van der Waals surface area contributed by atoms with Crippen molar-refractivity contribution in [3.8, 4) is 11.1 Å². The minimum absolute atomic E-state index is 0.902. The molecule has 3 rings (SSSR count). The highest BCUT2D eigenvalue weighted by Crippen LogP contribution is 2.29. The van der Waals surface area contributed by atoms with Crippen molar-refractivity contribution < 1.29 is 0 Å². The Labute approximate surface area is 124 Å². The summed E-state index contributed by atoms with van der Waals surface area (Å²) in [6.45, 7) is 5.63. The first kappa shape index (κ1) is 13.3. The minimum atomic E-state index is 0.902. The van der Waals surface area contributed by atoms with Gasteiger partial charge in [-0.1, -0.05) is 30.4 Å². The molecule has 0 bridgehead atoms. The van der Waals surface area contributed by atoms with Crippen LogP contribution in [0.15, 0.2) is 65.8 Å². The first-order valence-corrected chi connectivity index (χ1v) is 6.90. The lowest BCUT2D eigenvalue weighted by Crippen LogP contribution is -1.83. The van der Waals surface area contributed by atoms with E-state index in [-0.39, 0.29) is 0 Å². The second-order valence-electron chi connectivity index (χ2n) is 4.84. The van der Waals surface area contributed by atoms with Gasteiger partial charge in [-0.15, -0.1) is 0 Å². The molecule has 1 aromatic heterocycles. The number of rotatable bonds is 3. The van der Waals surface area contributed by atoms with Crippen LogP contribution in [0.25, 0.3) is 28.1 Å². The lowest BCUT2D eigenvalue weighted by atomic mass is 10.00. The molecule has 1 heterocycles. The van der Waals surface area contributed by atoms with Gasteiger partial charge in [-0.3, -0.25) is 9.98 Å². The molecule has 2 heteroatoms. The molecule has 0 aliphatic rings. The predicted molar refractivity (Wildman–Crippen MR) is 91.1 cm³/mol. The molecule has 0 fully saturated rings. The fourth-order valence-electron chi connectivity index (χ4n) is 2.45. The molecule has 0 atom stereocenters. The van der Waals surface area contributed by atoms with E-state index in [1.807, 2.05) is 31.3 Å². The Hall–Kier alpha value is -2.74. The Morgan fingerprint density at radius 2 is 1.86 bits per heavy atom. The van der Waals surface area contributed by atoms with E-state index in [0.717, 1.165) is 22.2 Å². The number of aromatic nitrogens is 1. The standard InChI is InChI=1S/C19H16N2/c1-3-5-16-12-14(7-9-18(16)20-2)15-8-10-19-17(13-15)6-4-11-21-19/h3-13H,2H2,1H3/b5-3-. The van der Waals surface area contributed by atoms with Crippen LogP contribution >= 0.6 is 0 Å². The molecule has 0 saturated heterocycles. The fourth-order valence-corrected chi connectivity index (χ4v) is 2.45. The van der Waals surface area contributed by atoms with E-state index in [0.29, 0.717) is 0 Å². The van der Waals surface area contributed by atoms with Crippen LogP contribution in [0.5, 0.6) is 0 Å². The lowest BCUT2D eigenvalue weighted by molar-refractivity contribution is 1.41. The second kappa shape index (κ2) is 5.71. The highest BCUT2D eigenvalue weighted by atomic mass is 14.7. The molecule has 0 N–H and O–H groups in total. The van der Waals surface area contributed by atoms with Crippen LogP contribution in [0.1, 0.15) is 12.5 Å². The molecule has 2 nitrogen and oxygen atoms in total. The van der Waals surface area contributed by atoms with Crippen LogP contribution in [0.2, 0.25) is 0 Å². The number of fused-ring (bicyclic) bond motifs is 1. The van der Waals surface area contributed by atoms with Gasteiger partial charge in [-0.05, 0) is 55.1 Å². The van der Waals surface area contributed by atoms with E-state index in [4.69, 9.17) is 0 Å². The van der Waals surface area contributed by atoms with E-state index >= 15 is 0 Å². The maximum absolute atomic E-state index is 4.36. The summed E-state index contributed by atoms with van der Waals surface area (Å²) >= 11 is 0. The van der Waals surface area contributed by atoms with E-state index in [9.17, 15) is 0 Å². The van der Waals surface area contributed by atoms with E-state index in [1.165, 1.54) is 11.1 Å². The van der Waals surface area contributed by atoms with Gasteiger partial charge in [0.25, 0.3) is 0 Å². The highest BCUT2D eigenvalue weighted by Gasteiger charge is 2.04. The molecule has 0 spiro atoms. The minimum Gasteiger partial charge on any atom is -0.264 e. The molecule has 3 aromatic rings. The van der Waals surface area contributed by atoms with Crippen LogP contribution in [-0.4, -0.2) is 11.7 Å². The molecular formula is C19H16N2. The predicted octanol–water partition coefficient (Wildman–Crippen LogP) is 5.27. The van der Waals surface area contributed by atoms with Crippen LogP contribution in [0, 0.1) is 0 Å². The number of hydrogen-bond acceptors (Lipinski definition) is 2. The number of pyridine rings is 1. The molecule has 0 aliphatic heterocycles. The van der Waals surface area contributed by atoms with Crippen molar-refractivity contribution in [2.75, 3.05) is 0 Å². The topological polar surface area (TPSA) is 25.2 Å². The van der Waals surface area contributed by atoms with Gasteiger partial charge in [0, 0.05) is 17.1 Å². The Kier molecular flexibility index (Phi) is 3.61. The average molecular weight is 272 g/mol. The summed E-state index contributed by atoms with van der Waals surface area (Å²) in [6, 6.07) is 16.6. The molecule has 0 saturated carbocycles. The van der Waals surface area contributed by atoms with E-state index in [1.54, 1.807) is 0 Å². The summed E-state index contributed by atoms with van der Waals surface area (Å²) < 4.78 is 0. The Morgan fingerprint density at radius 3 is 2.67 bits per heavy atom. The quantitative estimate of drug-likeness (QED) is 0.596. The zero-order valence-electron chi connectivity index (χ0n) is 12.0. The summed E-state index contributed by atoms with van der Waals surface area (Å²) in [7, 11) is 0. The van der Waals surface area contributed by atoms with E-state index in [2.05, 4.69) is 59.2 Å². The lowest BCUT2D eigenvalue weighted by Gasteiger charge is -2.07. The summed E-state index contributed by atoms with van der Waals surface area (Å²) in [5.41, 5.74) is 5.34. The number of allylic oxidation sites excluding steroid dienone is 1. The maximum Gasteiger partial charge on any atom is 0.0702 e. The smallest absolute Gasteiger partial charge is 0.0702 e. The number of hydrogen-bond donors (Lipinski definition) is 0. The summed E-state index contributed by atoms with van der Waals surface area (Å²) in [4.78, 5) is 8.42. The van der Waals surface area contributed by atoms with Crippen LogP contribution in [0.4, 0.5) is 5.69 Å². The first-order chi connectivity index (χ1) is 10.3. The van der Waals surface area contributed by atoms with Gasteiger partial charge in [-0.2, -0.15) is 0 Å². The molecule has 0 radical (unpaired) electrons. The largest absolute Gasteiger partial charge is 0.264 e. The summed E-state index contributed by atoms with van der Waals surface area (Å²) in [5.74, 6) is 0. The van der Waals surface area contributed by atoms with Gasteiger partial charge >= 0.3 is 0 Å². The third-order valence-electron chi connectivity index (χ3n) is 3.48. The Bertz CT molecular complexity index is 832. The van der Waals surface area contributed by atoms with Crippen LogP contribution in [-0.2, 0) is 0 Å². The van der Waals surface area contributed by atoms with Gasteiger partial charge in [0.15, 0.2) is 0 Å². The molecule has 102 valence electrons. The van der Waals surface area contributed by atoms with Crippen molar-refractivity contribution in [1.82, 2.24) is 4.98 Å². The molecule has 0 unspecified atom stereocenters. The van der Waals surface area contributed by atoms with E-state index < -0.39 is 0 Å². The first-order valence-electron chi connectivity index (χ1n) is 6.90. The number of nitrogens with zero attached hydrogens (tertiary/aromatic N) is 2. The number of aliphatic imine (C=N–C) groups is 1. The average Bonchev–Trinajstić information content (AvgIpc) is 2.54. The van der Waals surface area contributed by atoms with Crippen LogP contribution < -0.4 is 0 Å². The van der Waals surface area contributed by atoms with Crippen LogP contribution in [0.3, 0.4) is 0 Å². The van der Waals surface area contributed by atoms with Crippen molar-refractivity contribution in [2.45, 2.75) is 6.92 Å². The maximum atomic E-state index is 4.36. The Morgan fingerprint density at radius 1 is 1.05 bits per heavy atom. The van der Waals surface area contributed by atoms with Crippen molar-refractivity contribution in [1.29, 1.82) is 0 Å². The molecule has 21 heavy (non-hydrogen) atoms. The van der Waals surface area contributed by atoms with Gasteiger partial charge in [0.2, 0.25) is 0 Å². The van der Waals surface area contributed by atoms with Crippen molar-refractivity contribution in [3.63, 3.8) is 0 Å². The second-order valence-corrected chi connectivity index (χ2v) is 4.84.